The van der Waals surface area contributed by atoms with Gasteiger partial charge in [-0.25, -0.2) is 4.39 Å². The third kappa shape index (κ3) is 2.95. The fraction of sp³-hybridized carbons (Fsp3) is 0.286. The van der Waals surface area contributed by atoms with Crippen LogP contribution in [0.25, 0.3) is 0 Å². The van der Waals surface area contributed by atoms with Crippen LogP contribution < -0.4 is 10.2 Å². The lowest BCUT2D eigenvalue weighted by Gasteiger charge is -2.20. The highest BCUT2D eigenvalue weighted by molar-refractivity contribution is 6.30. The number of amides is 2. The molecule has 2 amide bonds. The molecule has 0 radical (unpaired) electrons. The molecule has 10 heteroatoms. The number of carbonyl (C=O) groups excluding carboxylic acids is 2. The highest BCUT2D eigenvalue weighted by Crippen LogP contribution is 2.27. The topological polar surface area (TPSA) is 111 Å². The Morgan fingerprint density at radius 2 is 2.29 bits per heavy atom. The third-order valence-electron chi connectivity index (χ3n) is 3.73. The van der Waals surface area contributed by atoms with Crippen molar-refractivity contribution in [3.05, 3.63) is 40.8 Å². The van der Waals surface area contributed by atoms with Crippen LogP contribution in [0.5, 0.6) is 0 Å². The van der Waals surface area contributed by atoms with E-state index in [1.165, 1.54) is 23.2 Å². The predicted molar refractivity (Wildman–Crippen MR) is 81.6 cm³/mol. The Morgan fingerprint density at radius 3 is 2.96 bits per heavy atom. The molecule has 0 spiro atoms. The fourth-order valence-electron chi connectivity index (χ4n) is 2.50. The highest BCUT2D eigenvalue weighted by Gasteiger charge is 2.52. The van der Waals surface area contributed by atoms with Crippen molar-refractivity contribution in [1.29, 1.82) is 0 Å². The van der Waals surface area contributed by atoms with Gasteiger partial charge in [-0.3, -0.25) is 14.5 Å². The van der Waals surface area contributed by atoms with Crippen LogP contribution in [0.4, 0.5) is 10.2 Å². The van der Waals surface area contributed by atoms with Crippen molar-refractivity contribution in [1.82, 2.24) is 20.7 Å². The zero-order chi connectivity index (χ0) is 17.3. The van der Waals surface area contributed by atoms with Crippen LogP contribution >= 0.6 is 11.6 Å². The molecule has 0 saturated carbocycles. The average molecular weight is 354 g/mol. The molecule has 0 unspecified atom stereocenters. The summed E-state index contributed by atoms with van der Waals surface area (Å²) in [6, 6.07) is 3.82. The monoisotopic (exact) mass is 353 g/mol. The Balaban J connectivity index is 1.69. The van der Waals surface area contributed by atoms with Crippen LogP contribution in [0.3, 0.4) is 0 Å². The van der Waals surface area contributed by atoms with Gasteiger partial charge in [-0.1, -0.05) is 11.6 Å². The van der Waals surface area contributed by atoms with Gasteiger partial charge < -0.3 is 10.4 Å². The maximum absolute atomic E-state index is 13.3. The molecule has 126 valence electrons. The Labute approximate surface area is 140 Å². The van der Waals surface area contributed by atoms with Crippen LogP contribution in [-0.2, 0) is 16.1 Å². The lowest BCUT2D eigenvalue weighted by Crippen LogP contribution is -2.52. The average Bonchev–Trinajstić information content (AvgIpc) is 3.14. The third-order valence-corrected chi connectivity index (χ3v) is 3.94. The molecule has 2 heterocycles. The lowest BCUT2D eigenvalue weighted by molar-refractivity contribution is -0.149. The summed E-state index contributed by atoms with van der Waals surface area (Å²) in [4.78, 5) is 25.8. The van der Waals surface area contributed by atoms with Crippen LogP contribution in [0.15, 0.2) is 24.4 Å². The second kappa shape index (κ2) is 6.17. The molecule has 1 aromatic heterocycles. The minimum atomic E-state index is -2.20. The second-order valence-electron chi connectivity index (χ2n) is 5.36. The number of hydrogen-bond donors (Lipinski definition) is 3. The molecule has 1 aliphatic heterocycles. The van der Waals surface area contributed by atoms with E-state index in [0.29, 0.717) is 5.56 Å². The normalized spacial score (nSPS) is 20.5. The SMILES string of the molecule is O=C(NCc1cc(F)cc(Cl)c1)[C@@]1(O)CCN(c2cn[nH]n2)C1=O. The molecular weight excluding hydrogens is 341 g/mol. The number of H-pyrrole nitrogens is 1. The molecular formula is C14H13ClFN5O3. The number of carbonyl (C=O) groups is 2. The molecule has 3 rings (SSSR count). The summed E-state index contributed by atoms with van der Waals surface area (Å²) in [5.74, 6) is -1.97. The molecule has 2 aromatic rings. The van der Waals surface area contributed by atoms with Gasteiger partial charge in [-0.05, 0) is 23.8 Å². The van der Waals surface area contributed by atoms with Crippen molar-refractivity contribution >= 4 is 29.2 Å². The summed E-state index contributed by atoms with van der Waals surface area (Å²) in [6.45, 7) is 0.0525. The smallest absolute Gasteiger partial charge is 0.270 e. The first-order valence-corrected chi connectivity index (χ1v) is 7.41. The summed E-state index contributed by atoms with van der Waals surface area (Å²) in [7, 11) is 0. The summed E-state index contributed by atoms with van der Waals surface area (Å²) in [5, 5.41) is 22.7. The first-order chi connectivity index (χ1) is 11.4. The number of nitrogens with zero attached hydrogens (tertiary/aromatic N) is 3. The van der Waals surface area contributed by atoms with E-state index >= 15 is 0 Å². The van der Waals surface area contributed by atoms with E-state index < -0.39 is 23.2 Å². The predicted octanol–water partition coefficient (Wildman–Crippen LogP) is 0.381. The van der Waals surface area contributed by atoms with Gasteiger partial charge in [0.1, 0.15) is 5.82 Å². The van der Waals surface area contributed by atoms with Crippen molar-refractivity contribution in [2.75, 3.05) is 11.4 Å². The van der Waals surface area contributed by atoms with E-state index in [1.807, 2.05) is 0 Å². The number of aromatic amines is 1. The number of rotatable bonds is 4. The van der Waals surface area contributed by atoms with E-state index in [-0.39, 0.29) is 30.4 Å². The molecule has 8 nitrogen and oxygen atoms in total. The van der Waals surface area contributed by atoms with Crippen molar-refractivity contribution in [2.24, 2.45) is 0 Å². The zero-order valence-corrected chi connectivity index (χ0v) is 13.0. The molecule has 24 heavy (non-hydrogen) atoms. The van der Waals surface area contributed by atoms with Crippen LogP contribution in [0, 0.1) is 5.82 Å². The molecule has 1 aromatic carbocycles. The van der Waals surface area contributed by atoms with E-state index in [0.717, 1.165) is 6.07 Å². The quantitative estimate of drug-likeness (QED) is 0.688. The van der Waals surface area contributed by atoms with Gasteiger partial charge in [-0.2, -0.15) is 10.3 Å². The van der Waals surface area contributed by atoms with Crippen molar-refractivity contribution < 1.29 is 19.1 Å². The summed E-state index contributed by atoms with van der Waals surface area (Å²) in [6.07, 6.45) is 1.23. The number of halogens is 2. The van der Waals surface area contributed by atoms with Crippen LogP contribution in [-0.4, -0.2) is 44.5 Å². The van der Waals surface area contributed by atoms with E-state index in [9.17, 15) is 19.1 Å². The van der Waals surface area contributed by atoms with E-state index in [1.54, 1.807) is 0 Å². The maximum Gasteiger partial charge on any atom is 0.270 e. The maximum atomic E-state index is 13.3. The Morgan fingerprint density at radius 1 is 1.50 bits per heavy atom. The van der Waals surface area contributed by atoms with Crippen molar-refractivity contribution in [3.63, 3.8) is 0 Å². The van der Waals surface area contributed by atoms with E-state index in [4.69, 9.17) is 11.6 Å². The van der Waals surface area contributed by atoms with Crippen LogP contribution in [0.1, 0.15) is 12.0 Å². The minimum Gasteiger partial charge on any atom is -0.372 e. The van der Waals surface area contributed by atoms with Crippen molar-refractivity contribution in [3.8, 4) is 0 Å². The van der Waals surface area contributed by atoms with E-state index in [2.05, 4.69) is 20.7 Å². The van der Waals surface area contributed by atoms with Gasteiger partial charge in [0.15, 0.2) is 5.82 Å². The standard InChI is InChI=1S/C14H13ClFN5O3/c15-9-3-8(4-10(16)5-9)6-17-12(22)14(24)1-2-21(13(14)23)11-7-18-20-19-11/h3-5,7,24H,1-2,6H2,(H,17,22)(H,18,19,20)/t14-/m0/s1. The Kier molecular flexibility index (Phi) is 4.20. The molecule has 1 saturated heterocycles. The molecule has 1 fully saturated rings. The first-order valence-electron chi connectivity index (χ1n) is 7.03. The van der Waals surface area contributed by atoms with Crippen molar-refractivity contribution in [2.45, 2.75) is 18.6 Å². The molecule has 1 atom stereocenters. The number of aliphatic hydroxyl groups is 1. The molecule has 3 N–H and O–H groups in total. The summed E-state index contributed by atoms with van der Waals surface area (Å²) < 4.78 is 13.3. The largest absolute Gasteiger partial charge is 0.372 e. The number of hydrogen-bond acceptors (Lipinski definition) is 5. The highest BCUT2D eigenvalue weighted by atomic mass is 35.5. The number of benzene rings is 1. The lowest BCUT2D eigenvalue weighted by atomic mass is 10.0. The first kappa shape index (κ1) is 16.3. The molecule has 0 bridgehead atoms. The fourth-order valence-corrected chi connectivity index (χ4v) is 2.75. The molecule has 1 aliphatic rings. The van der Waals surface area contributed by atoms with Crippen LogP contribution in [0.2, 0.25) is 5.02 Å². The van der Waals surface area contributed by atoms with Gasteiger partial charge in [0, 0.05) is 24.5 Å². The Hall–Kier alpha value is -2.52. The zero-order valence-electron chi connectivity index (χ0n) is 12.3. The second-order valence-corrected chi connectivity index (χ2v) is 5.79. The number of anilines is 1. The summed E-state index contributed by atoms with van der Waals surface area (Å²) in [5.41, 5.74) is -1.79. The number of nitrogens with one attached hydrogen (secondary N) is 2. The van der Waals surface area contributed by atoms with Gasteiger partial charge >= 0.3 is 0 Å². The molecule has 0 aliphatic carbocycles. The van der Waals surface area contributed by atoms with Gasteiger partial charge in [0.05, 0.1) is 6.20 Å². The number of aromatic nitrogens is 3. The Bertz CT molecular complexity index is 764. The van der Waals surface area contributed by atoms with Gasteiger partial charge in [0.25, 0.3) is 11.8 Å². The summed E-state index contributed by atoms with van der Waals surface area (Å²) >= 11 is 5.74. The van der Waals surface area contributed by atoms with Gasteiger partial charge in [-0.15, -0.1) is 5.10 Å². The van der Waals surface area contributed by atoms with Gasteiger partial charge in [0.2, 0.25) is 5.60 Å². The minimum absolute atomic E-state index is 0.0735.